The molecule has 0 radical (unpaired) electrons. The van der Waals surface area contributed by atoms with Gasteiger partial charge in [0.1, 0.15) is 11.8 Å². The summed E-state index contributed by atoms with van der Waals surface area (Å²) in [5.74, 6) is 0.868. The largest absolute Gasteiger partial charge is 0.480 e. The van der Waals surface area contributed by atoms with Gasteiger partial charge in [-0.2, -0.15) is 0 Å². The molecule has 4 nitrogen and oxygen atoms in total. The molecule has 1 aliphatic heterocycles. The number of nitrogens with zero attached hydrogens (tertiary/aromatic N) is 1. The molecule has 104 valence electrons. The first-order valence-corrected chi connectivity index (χ1v) is 7.26. The number of piperidine rings is 1. The van der Waals surface area contributed by atoms with E-state index >= 15 is 0 Å². The number of hydrogen-bond donors (Lipinski definition) is 1. The molecule has 3 rings (SSSR count). The van der Waals surface area contributed by atoms with Crippen LogP contribution in [0.4, 0.5) is 0 Å². The Hall–Kier alpha value is -1.29. The van der Waals surface area contributed by atoms with Gasteiger partial charge in [0.05, 0.1) is 12.8 Å². The van der Waals surface area contributed by atoms with Crippen LogP contribution in [0.2, 0.25) is 0 Å². The van der Waals surface area contributed by atoms with Crippen molar-refractivity contribution in [1.29, 1.82) is 0 Å². The fourth-order valence-corrected chi connectivity index (χ4v) is 3.81. The summed E-state index contributed by atoms with van der Waals surface area (Å²) >= 11 is 0. The van der Waals surface area contributed by atoms with E-state index in [1.807, 2.05) is 12.1 Å². The molecule has 3 unspecified atom stereocenters. The van der Waals surface area contributed by atoms with E-state index < -0.39 is 5.97 Å². The molecule has 0 aromatic carbocycles. The van der Waals surface area contributed by atoms with Crippen molar-refractivity contribution in [2.24, 2.45) is 5.92 Å². The zero-order valence-electron chi connectivity index (χ0n) is 11.1. The van der Waals surface area contributed by atoms with Gasteiger partial charge in [-0.15, -0.1) is 0 Å². The van der Waals surface area contributed by atoms with Crippen molar-refractivity contribution in [2.45, 2.75) is 57.2 Å². The number of carbonyl (C=O) groups is 1. The fraction of sp³-hybridized carbons (Fsp3) is 0.667. The highest BCUT2D eigenvalue weighted by molar-refractivity contribution is 5.73. The smallest absolute Gasteiger partial charge is 0.320 e. The van der Waals surface area contributed by atoms with Gasteiger partial charge in [0.25, 0.3) is 0 Å². The summed E-state index contributed by atoms with van der Waals surface area (Å²) in [7, 11) is 0. The van der Waals surface area contributed by atoms with E-state index in [9.17, 15) is 9.90 Å². The number of furan rings is 1. The van der Waals surface area contributed by atoms with Crippen LogP contribution in [0.25, 0.3) is 0 Å². The van der Waals surface area contributed by atoms with Crippen LogP contribution in [0.15, 0.2) is 22.8 Å². The molecule has 1 aromatic heterocycles. The minimum Gasteiger partial charge on any atom is -0.480 e. The molecule has 0 bridgehead atoms. The van der Waals surface area contributed by atoms with E-state index in [4.69, 9.17) is 4.42 Å². The first-order valence-electron chi connectivity index (χ1n) is 7.26. The van der Waals surface area contributed by atoms with Crippen molar-refractivity contribution < 1.29 is 14.3 Å². The molecule has 2 heterocycles. The molecule has 0 spiro atoms. The number of aliphatic carboxylic acids is 1. The standard InChI is InChI=1S/C15H21NO3/c17-15(18)14-8-7-11-4-1-2-6-13(11)16(14)10-12-5-3-9-19-12/h3,5,9,11,13-14H,1-2,4,6-8,10H2,(H,17,18). The zero-order chi connectivity index (χ0) is 13.2. The molecule has 1 saturated heterocycles. The first kappa shape index (κ1) is 12.7. The van der Waals surface area contributed by atoms with E-state index in [1.165, 1.54) is 19.3 Å². The average molecular weight is 263 g/mol. The fourth-order valence-electron chi connectivity index (χ4n) is 3.81. The SMILES string of the molecule is O=C(O)C1CCC2CCCCC2N1Cc1ccco1. The van der Waals surface area contributed by atoms with Crippen LogP contribution in [0, 0.1) is 5.92 Å². The van der Waals surface area contributed by atoms with Crippen LogP contribution in [-0.2, 0) is 11.3 Å². The topological polar surface area (TPSA) is 53.7 Å². The Kier molecular flexibility index (Phi) is 3.60. The Morgan fingerprint density at radius 1 is 1.32 bits per heavy atom. The summed E-state index contributed by atoms with van der Waals surface area (Å²) in [4.78, 5) is 13.7. The van der Waals surface area contributed by atoms with Crippen LogP contribution >= 0.6 is 0 Å². The monoisotopic (exact) mass is 263 g/mol. The lowest BCUT2D eigenvalue weighted by Crippen LogP contribution is -2.54. The number of rotatable bonds is 3. The van der Waals surface area contributed by atoms with E-state index in [1.54, 1.807) is 6.26 Å². The predicted octanol–water partition coefficient (Wildman–Crippen LogP) is 2.89. The molecular weight excluding hydrogens is 242 g/mol. The summed E-state index contributed by atoms with van der Waals surface area (Å²) in [5.41, 5.74) is 0. The second kappa shape index (κ2) is 5.37. The second-order valence-corrected chi connectivity index (χ2v) is 5.79. The molecular formula is C15H21NO3. The van der Waals surface area contributed by atoms with Gasteiger partial charge in [0.15, 0.2) is 0 Å². The maximum atomic E-state index is 11.5. The molecule has 0 amide bonds. The Balaban J connectivity index is 1.81. The molecule has 3 atom stereocenters. The van der Waals surface area contributed by atoms with Crippen LogP contribution in [0.5, 0.6) is 0 Å². The lowest BCUT2D eigenvalue weighted by Gasteiger charge is -2.46. The summed E-state index contributed by atoms with van der Waals surface area (Å²) in [6.07, 6.45) is 8.41. The van der Waals surface area contributed by atoms with Crippen LogP contribution in [0.3, 0.4) is 0 Å². The Labute approximate surface area is 113 Å². The zero-order valence-corrected chi connectivity index (χ0v) is 11.1. The van der Waals surface area contributed by atoms with Crippen molar-refractivity contribution >= 4 is 5.97 Å². The molecule has 2 aliphatic rings. The average Bonchev–Trinajstić information content (AvgIpc) is 2.92. The van der Waals surface area contributed by atoms with Crippen molar-refractivity contribution in [3.05, 3.63) is 24.2 Å². The molecule has 1 saturated carbocycles. The molecule has 2 fully saturated rings. The third kappa shape index (κ3) is 2.54. The van der Waals surface area contributed by atoms with Gasteiger partial charge in [-0.3, -0.25) is 9.69 Å². The van der Waals surface area contributed by atoms with Gasteiger partial charge < -0.3 is 9.52 Å². The Morgan fingerprint density at radius 2 is 2.16 bits per heavy atom. The summed E-state index contributed by atoms with van der Waals surface area (Å²) in [5, 5.41) is 9.46. The number of fused-ring (bicyclic) bond motifs is 1. The number of carboxylic acids is 1. The van der Waals surface area contributed by atoms with E-state index in [-0.39, 0.29) is 6.04 Å². The summed E-state index contributed by atoms with van der Waals surface area (Å²) in [6, 6.07) is 3.89. The Bertz CT molecular complexity index is 429. The number of hydrogen-bond acceptors (Lipinski definition) is 3. The predicted molar refractivity (Wildman–Crippen MR) is 70.7 cm³/mol. The minimum absolute atomic E-state index is 0.343. The van der Waals surface area contributed by atoms with E-state index in [2.05, 4.69) is 4.90 Å². The van der Waals surface area contributed by atoms with Gasteiger partial charge >= 0.3 is 5.97 Å². The normalized spacial score (nSPS) is 31.9. The number of likely N-dealkylation sites (tertiary alicyclic amines) is 1. The highest BCUT2D eigenvalue weighted by Crippen LogP contribution is 2.38. The lowest BCUT2D eigenvalue weighted by atomic mass is 9.76. The second-order valence-electron chi connectivity index (χ2n) is 5.79. The summed E-state index contributed by atoms with van der Waals surface area (Å²) < 4.78 is 5.41. The van der Waals surface area contributed by atoms with E-state index in [0.717, 1.165) is 25.0 Å². The van der Waals surface area contributed by atoms with Crippen LogP contribution in [0.1, 0.15) is 44.3 Å². The number of carboxylic acid groups (broad SMARTS) is 1. The van der Waals surface area contributed by atoms with Crippen molar-refractivity contribution in [3.63, 3.8) is 0 Å². The maximum Gasteiger partial charge on any atom is 0.320 e. The molecule has 19 heavy (non-hydrogen) atoms. The third-order valence-electron chi connectivity index (χ3n) is 4.71. The van der Waals surface area contributed by atoms with Crippen LogP contribution in [-0.4, -0.2) is 28.1 Å². The molecule has 4 heteroatoms. The molecule has 1 aliphatic carbocycles. The van der Waals surface area contributed by atoms with Gasteiger partial charge in [-0.1, -0.05) is 12.8 Å². The molecule has 1 N–H and O–H groups in total. The molecule has 1 aromatic rings. The summed E-state index contributed by atoms with van der Waals surface area (Å²) in [6.45, 7) is 0.630. The van der Waals surface area contributed by atoms with Gasteiger partial charge in [0, 0.05) is 6.04 Å². The van der Waals surface area contributed by atoms with E-state index in [0.29, 0.717) is 18.5 Å². The quantitative estimate of drug-likeness (QED) is 0.911. The Morgan fingerprint density at radius 3 is 2.89 bits per heavy atom. The van der Waals surface area contributed by atoms with Gasteiger partial charge in [-0.05, 0) is 43.7 Å². The minimum atomic E-state index is -0.685. The van der Waals surface area contributed by atoms with Gasteiger partial charge in [-0.25, -0.2) is 0 Å². The highest BCUT2D eigenvalue weighted by atomic mass is 16.4. The maximum absolute atomic E-state index is 11.5. The van der Waals surface area contributed by atoms with Crippen molar-refractivity contribution in [3.8, 4) is 0 Å². The van der Waals surface area contributed by atoms with Crippen LogP contribution < -0.4 is 0 Å². The van der Waals surface area contributed by atoms with Crippen molar-refractivity contribution in [2.75, 3.05) is 0 Å². The highest BCUT2D eigenvalue weighted by Gasteiger charge is 2.41. The first-order chi connectivity index (χ1) is 9.25. The van der Waals surface area contributed by atoms with Gasteiger partial charge in [0.2, 0.25) is 0 Å². The lowest BCUT2D eigenvalue weighted by molar-refractivity contribution is -0.148. The van der Waals surface area contributed by atoms with Crippen molar-refractivity contribution in [1.82, 2.24) is 4.90 Å². The third-order valence-corrected chi connectivity index (χ3v) is 4.71.